The van der Waals surface area contributed by atoms with E-state index in [9.17, 15) is 0 Å². The maximum Gasteiger partial charge on any atom is 0.0537 e. The first kappa shape index (κ1) is 27.5. The van der Waals surface area contributed by atoms with E-state index in [1.54, 1.807) is 0 Å². The van der Waals surface area contributed by atoms with Gasteiger partial charge in [0.2, 0.25) is 0 Å². The Labute approximate surface area is 250 Å². The lowest BCUT2D eigenvalue weighted by molar-refractivity contribution is 0.867. The molecule has 0 aliphatic heterocycles. The fourth-order valence-corrected chi connectivity index (χ4v) is 6.12. The number of hydrogen-bond acceptors (Lipinski definition) is 0. The number of hydrogen-bond donors (Lipinski definition) is 0. The van der Waals surface area contributed by atoms with Crippen molar-refractivity contribution in [1.82, 2.24) is 4.57 Å². The highest BCUT2D eigenvalue weighted by Gasteiger charge is 2.18. The van der Waals surface area contributed by atoms with Crippen LogP contribution in [0.15, 0.2) is 127 Å². The first-order valence-corrected chi connectivity index (χ1v) is 15.1. The molecule has 42 heavy (non-hydrogen) atoms. The van der Waals surface area contributed by atoms with E-state index in [0.29, 0.717) is 5.92 Å². The molecule has 0 unspecified atom stereocenters. The number of para-hydroxylation sites is 1. The molecule has 0 bridgehead atoms. The monoisotopic (exact) mass is 545 g/mol. The Bertz CT molecular complexity index is 1840. The molecule has 1 aliphatic rings. The maximum atomic E-state index is 2.43. The summed E-state index contributed by atoms with van der Waals surface area (Å²) in [6, 6.07) is 43.7. The zero-order valence-electron chi connectivity index (χ0n) is 25.1. The van der Waals surface area contributed by atoms with Gasteiger partial charge in [-0.3, -0.25) is 0 Å². The highest BCUT2D eigenvalue weighted by Crippen LogP contribution is 2.35. The zero-order valence-corrected chi connectivity index (χ0v) is 25.1. The molecule has 7 rings (SSSR count). The van der Waals surface area contributed by atoms with Crippen molar-refractivity contribution in [1.29, 1.82) is 0 Å². The second-order valence-corrected chi connectivity index (χ2v) is 11.6. The summed E-state index contributed by atoms with van der Waals surface area (Å²) in [5.41, 5.74) is 14.6. The van der Waals surface area contributed by atoms with Gasteiger partial charge in [-0.25, -0.2) is 0 Å². The van der Waals surface area contributed by atoms with Crippen LogP contribution < -0.4 is 0 Å². The minimum absolute atomic E-state index is 0.536. The minimum atomic E-state index is 0.536. The predicted octanol–water partition coefficient (Wildman–Crippen LogP) is 11.4. The second-order valence-electron chi connectivity index (χ2n) is 11.6. The number of rotatable bonds is 4. The Hall–Kier alpha value is -4.62. The van der Waals surface area contributed by atoms with Gasteiger partial charge in [0.15, 0.2) is 0 Å². The molecular weight excluding hydrogens is 506 g/mol. The molecule has 1 aliphatic carbocycles. The molecule has 0 amide bonds. The first-order chi connectivity index (χ1) is 20.5. The third-order valence-electron chi connectivity index (χ3n) is 8.43. The predicted molar refractivity (Wildman–Crippen MR) is 182 cm³/mol. The van der Waals surface area contributed by atoms with E-state index in [1.807, 2.05) is 0 Å². The molecule has 0 fully saturated rings. The molecule has 1 heterocycles. The summed E-state index contributed by atoms with van der Waals surface area (Å²) in [6.45, 7) is 8.81. The summed E-state index contributed by atoms with van der Waals surface area (Å²) < 4.78 is 2.43. The molecule has 6 aromatic rings. The van der Waals surface area contributed by atoms with Crippen LogP contribution in [0.4, 0.5) is 0 Å². The van der Waals surface area contributed by atoms with Gasteiger partial charge in [-0.1, -0.05) is 123 Å². The van der Waals surface area contributed by atoms with Gasteiger partial charge in [0, 0.05) is 16.8 Å². The molecule has 5 aromatic carbocycles. The van der Waals surface area contributed by atoms with Gasteiger partial charge < -0.3 is 4.57 Å². The van der Waals surface area contributed by atoms with Gasteiger partial charge in [0.25, 0.3) is 0 Å². The number of aromatic nitrogens is 1. The van der Waals surface area contributed by atoms with Crippen LogP contribution in [0.3, 0.4) is 0 Å². The van der Waals surface area contributed by atoms with E-state index in [1.165, 1.54) is 66.8 Å². The Balaban J connectivity index is 0.000000189. The smallest absolute Gasteiger partial charge is 0.0537 e. The fraction of sp³-hybridized carbons (Fsp3) is 0.171. The summed E-state index contributed by atoms with van der Waals surface area (Å²) in [5, 5.41) is 1.38. The van der Waals surface area contributed by atoms with E-state index < -0.39 is 0 Å². The van der Waals surface area contributed by atoms with Crippen molar-refractivity contribution in [3.8, 4) is 27.9 Å². The van der Waals surface area contributed by atoms with Gasteiger partial charge in [-0.15, -0.1) is 0 Å². The zero-order chi connectivity index (χ0) is 29.1. The van der Waals surface area contributed by atoms with Crippen molar-refractivity contribution in [3.63, 3.8) is 0 Å². The van der Waals surface area contributed by atoms with Crippen LogP contribution in [0.1, 0.15) is 54.1 Å². The molecule has 0 radical (unpaired) electrons. The first-order valence-electron chi connectivity index (χ1n) is 15.1. The minimum Gasteiger partial charge on any atom is -0.310 e. The summed E-state index contributed by atoms with van der Waals surface area (Å²) in [5.74, 6) is 0.536. The van der Waals surface area contributed by atoms with Crippen molar-refractivity contribution < 1.29 is 0 Å². The van der Waals surface area contributed by atoms with E-state index in [-0.39, 0.29) is 0 Å². The number of allylic oxidation sites excluding steroid dienone is 1. The number of fused-ring (bicyclic) bond motifs is 3. The van der Waals surface area contributed by atoms with Crippen molar-refractivity contribution in [2.24, 2.45) is 0 Å². The number of aryl methyl sites for hydroxylation is 3. The largest absolute Gasteiger partial charge is 0.310 e. The van der Waals surface area contributed by atoms with Crippen molar-refractivity contribution in [2.75, 3.05) is 0 Å². The second kappa shape index (κ2) is 12.1. The third-order valence-corrected chi connectivity index (χ3v) is 8.43. The number of nitrogens with zero attached hydrogens (tertiary/aromatic N) is 1. The molecule has 208 valence electrons. The normalized spacial score (nSPS) is 12.2. The van der Waals surface area contributed by atoms with Crippen molar-refractivity contribution >= 4 is 17.0 Å². The van der Waals surface area contributed by atoms with Crippen LogP contribution in [0.2, 0.25) is 0 Å². The molecule has 1 heteroatoms. The molecule has 1 nitrogen and oxygen atoms in total. The lowest BCUT2D eigenvalue weighted by atomic mass is 9.97. The molecular formula is C41H39N. The van der Waals surface area contributed by atoms with Crippen molar-refractivity contribution in [3.05, 3.63) is 155 Å². The van der Waals surface area contributed by atoms with Crippen LogP contribution in [0, 0.1) is 13.8 Å². The molecule has 0 spiro atoms. The number of benzene rings is 5. The Morgan fingerprint density at radius 3 is 1.93 bits per heavy atom. The van der Waals surface area contributed by atoms with E-state index in [0.717, 1.165) is 12.8 Å². The highest BCUT2D eigenvalue weighted by atomic mass is 15.0. The van der Waals surface area contributed by atoms with Gasteiger partial charge in [0.05, 0.1) is 5.52 Å². The van der Waals surface area contributed by atoms with E-state index in [2.05, 4.69) is 166 Å². The van der Waals surface area contributed by atoms with Gasteiger partial charge in [-0.2, -0.15) is 0 Å². The molecule has 0 N–H and O–H groups in total. The average Bonchev–Trinajstić information content (AvgIpc) is 3.37. The summed E-state index contributed by atoms with van der Waals surface area (Å²) in [4.78, 5) is 0. The van der Waals surface area contributed by atoms with Crippen LogP contribution in [0.25, 0.3) is 44.9 Å². The van der Waals surface area contributed by atoms with E-state index >= 15 is 0 Å². The fourth-order valence-electron chi connectivity index (χ4n) is 6.12. The van der Waals surface area contributed by atoms with E-state index in [4.69, 9.17) is 0 Å². The van der Waals surface area contributed by atoms with Crippen LogP contribution >= 0.6 is 0 Å². The van der Waals surface area contributed by atoms with Crippen molar-refractivity contribution in [2.45, 2.75) is 46.5 Å². The average molecular weight is 546 g/mol. The maximum absolute atomic E-state index is 2.43. The highest BCUT2D eigenvalue weighted by molar-refractivity contribution is 5.91. The Morgan fingerprint density at radius 2 is 1.24 bits per heavy atom. The third kappa shape index (κ3) is 5.48. The summed E-state index contributed by atoms with van der Waals surface area (Å²) in [7, 11) is 0. The standard InChI is InChI=1S/C27H25N.C14H14/c1-19(2)20-9-7-10-21(17-20)22-11-8-12-23(18-22)28-26-15-5-3-13-24(26)25-14-4-6-16-27(25)28;1-11-7-3-5-9-13(11)14-10-6-4-8-12(14)2/h3,5-13,15-19H,4,14H2,1-2H3;3-10H,1-2H3. The van der Waals surface area contributed by atoms with Gasteiger partial charge in [0.1, 0.15) is 0 Å². The molecule has 0 atom stereocenters. The summed E-state index contributed by atoms with van der Waals surface area (Å²) >= 11 is 0. The lowest BCUT2D eigenvalue weighted by Crippen LogP contribution is -2.00. The molecule has 0 saturated carbocycles. The molecule has 0 saturated heterocycles. The Morgan fingerprint density at radius 1 is 0.619 bits per heavy atom. The van der Waals surface area contributed by atoms with Crippen LogP contribution in [-0.2, 0) is 6.42 Å². The molecule has 1 aromatic heterocycles. The summed E-state index contributed by atoms with van der Waals surface area (Å²) in [6.07, 6.45) is 6.84. The topological polar surface area (TPSA) is 4.93 Å². The Kier molecular flexibility index (Phi) is 7.93. The van der Waals surface area contributed by atoms with Crippen LogP contribution in [-0.4, -0.2) is 4.57 Å². The quantitative estimate of drug-likeness (QED) is 0.208. The van der Waals surface area contributed by atoms with Gasteiger partial charge >= 0.3 is 0 Å². The van der Waals surface area contributed by atoms with Gasteiger partial charge in [-0.05, 0) is 101 Å². The van der Waals surface area contributed by atoms with Crippen LogP contribution in [0.5, 0.6) is 0 Å². The SMILES string of the molecule is CC(C)c1cccc(-c2cccc(-n3c4c(c5ccccc53)CCC=C4)c2)c1.Cc1ccccc1-c1ccccc1C. The lowest BCUT2D eigenvalue weighted by Gasteiger charge is -2.14.